The molecular weight excluding hydrogens is 377 g/mol. The Hall–Kier alpha value is -2.61. The molecule has 0 radical (unpaired) electrons. The zero-order chi connectivity index (χ0) is 16.9. The van der Waals surface area contributed by atoms with E-state index in [0.717, 1.165) is 15.7 Å². The molecule has 6 nitrogen and oxygen atoms in total. The molecule has 0 spiro atoms. The van der Waals surface area contributed by atoms with Crippen LogP contribution in [-0.4, -0.2) is 26.1 Å². The van der Waals surface area contributed by atoms with Crippen molar-refractivity contribution in [2.24, 2.45) is 0 Å². The highest BCUT2D eigenvalue weighted by Crippen LogP contribution is 2.15. The van der Waals surface area contributed by atoms with Crippen LogP contribution in [0, 0.1) is 5.82 Å². The van der Waals surface area contributed by atoms with E-state index in [4.69, 9.17) is 0 Å². The first-order chi connectivity index (χ1) is 11.6. The van der Waals surface area contributed by atoms with Gasteiger partial charge < -0.3 is 5.32 Å². The average Bonchev–Trinajstić information content (AvgIpc) is 3.04. The molecule has 0 saturated carbocycles. The number of tetrazole rings is 1. The minimum Gasteiger partial charge on any atom is -0.348 e. The molecule has 0 unspecified atom stereocenters. The number of hydrogen-bond donors (Lipinski definition) is 1. The van der Waals surface area contributed by atoms with Crippen molar-refractivity contribution in [2.45, 2.75) is 13.0 Å². The fraction of sp³-hybridized carbons (Fsp3) is 0.125. The number of aromatic nitrogens is 4. The number of rotatable bonds is 5. The van der Waals surface area contributed by atoms with Crippen LogP contribution in [0.5, 0.6) is 0 Å². The summed E-state index contributed by atoms with van der Waals surface area (Å²) < 4.78 is 15.3. The molecule has 8 heteroatoms. The third-order valence-electron chi connectivity index (χ3n) is 3.31. The van der Waals surface area contributed by atoms with Crippen LogP contribution in [0.3, 0.4) is 0 Å². The molecule has 0 fully saturated rings. The van der Waals surface area contributed by atoms with Gasteiger partial charge >= 0.3 is 0 Å². The molecule has 1 aromatic heterocycles. The predicted molar refractivity (Wildman–Crippen MR) is 88.8 cm³/mol. The van der Waals surface area contributed by atoms with Crippen molar-refractivity contribution in [1.82, 2.24) is 25.5 Å². The normalized spacial score (nSPS) is 10.6. The summed E-state index contributed by atoms with van der Waals surface area (Å²) >= 11 is 3.40. The smallest absolute Gasteiger partial charge is 0.224 e. The lowest BCUT2D eigenvalue weighted by Crippen LogP contribution is -2.26. The molecule has 0 bridgehead atoms. The van der Waals surface area contributed by atoms with Gasteiger partial charge in [-0.1, -0.05) is 34.1 Å². The molecule has 122 valence electrons. The van der Waals surface area contributed by atoms with Crippen molar-refractivity contribution in [2.75, 3.05) is 0 Å². The minimum absolute atomic E-state index is 0.165. The highest BCUT2D eigenvalue weighted by atomic mass is 79.9. The highest BCUT2D eigenvalue weighted by molar-refractivity contribution is 9.10. The molecule has 0 aliphatic carbocycles. The van der Waals surface area contributed by atoms with E-state index in [2.05, 4.69) is 36.8 Å². The van der Waals surface area contributed by atoms with Crippen molar-refractivity contribution in [3.63, 3.8) is 0 Å². The zero-order valence-corrected chi connectivity index (χ0v) is 14.1. The Morgan fingerprint density at radius 3 is 2.75 bits per heavy atom. The Balaban J connectivity index is 1.64. The fourth-order valence-corrected chi connectivity index (χ4v) is 2.54. The van der Waals surface area contributed by atoms with Gasteiger partial charge in [-0.3, -0.25) is 4.79 Å². The maximum atomic E-state index is 12.9. The molecular formula is C16H13BrFN5O. The molecule has 2 aromatic carbocycles. The lowest BCUT2D eigenvalue weighted by atomic mass is 10.1. The van der Waals surface area contributed by atoms with Crippen LogP contribution in [0.1, 0.15) is 11.4 Å². The molecule has 1 heterocycles. The van der Waals surface area contributed by atoms with Crippen molar-refractivity contribution in [1.29, 1.82) is 0 Å². The van der Waals surface area contributed by atoms with Crippen LogP contribution in [0.25, 0.3) is 5.69 Å². The van der Waals surface area contributed by atoms with E-state index in [9.17, 15) is 9.18 Å². The summed E-state index contributed by atoms with van der Waals surface area (Å²) in [6, 6.07) is 13.3. The van der Waals surface area contributed by atoms with E-state index in [1.807, 2.05) is 24.3 Å². The number of nitrogens with one attached hydrogen (secondary N) is 1. The first kappa shape index (κ1) is 16.3. The van der Waals surface area contributed by atoms with Crippen LogP contribution in [0.4, 0.5) is 4.39 Å². The van der Waals surface area contributed by atoms with Crippen LogP contribution in [-0.2, 0) is 17.8 Å². The monoisotopic (exact) mass is 389 g/mol. The first-order valence-electron chi connectivity index (χ1n) is 7.16. The van der Waals surface area contributed by atoms with Crippen LogP contribution >= 0.6 is 15.9 Å². The lowest BCUT2D eigenvalue weighted by Gasteiger charge is -2.07. The summed E-state index contributed by atoms with van der Waals surface area (Å²) in [5.41, 5.74) is 1.53. The minimum atomic E-state index is -0.327. The van der Waals surface area contributed by atoms with Gasteiger partial charge in [0.15, 0.2) is 5.82 Å². The van der Waals surface area contributed by atoms with Gasteiger partial charge in [0.2, 0.25) is 5.91 Å². The molecule has 0 aliphatic heterocycles. The van der Waals surface area contributed by atoms with Gasteiger partial charge in [-0.2, -0.15) is 4.68 Å². The SMILES string of the molecule is O=C(Cc1ccc(F)cc1)NCc1nnnn1-c1cccc(Br)c1. The number of carbonyl (C=O) groups is 1. The van der Waals surface area contributed by atoms with Crippen molar-refractivity contribution >= 4 is 21.8 Å². The quantitative estimate of drug-likeness (QED) is 0.727. The Morgan fingerprint density at radius 1 is 1.21 bits per heavy atom. The summed E-state index contributed by atoms with van der Waals surface area (Å²) in [7, 11) is 0. The van der Waals surface area contributed by atoms with Crippen molar-refractivity contribution in [3.8, 4) is 5.69 Å². The van der Waals surface area contributed by atoms with Crippen LogP contribution < -0.4 is 5.32 Å². The number of benzene rings is 2. The number of nitrogens with zero attached hydrogens (tertiary/aromatic N) is 4. The second-order valence-electron chi connectivity index (χ2n) is 5.07. The zero-order valence-electron chi connectivity index (χ0n) is 12.5. The van der Waals surface area contributed by atoms with E-state index >= 15 is 0 Å². The molecule has 3 rings (SSSR count). The highest BCUT2D eigenvalue weighted by Gasteiger charge is 2.10. The Kier molecular flexibility index (Phi) is 4.95. The predicted octanol–water partition coefficient (Wildman–Crippen LogP) is 2.42. The summed E-state index contributed by atoms with van der Waals surface area (Å²) in [5.74, 6) is -0.00156. The van der Waals surface area contributed by atoms with Crippen LogP contribution in [0.2, 0.25) is 0 Å². The molecule has 0 aliphatic rings. The summed E-state index contributed by atoms with van der Waals surface area (Å²) in [5, 5.41) is 14.3. The number of carbonyl (C=O) groups excluding carboxylic acids is 1. The molecule has 1 amide bonds. The Labute approximate surface area is 145 Å². The Bertz CT molecular complexity index is 850. The van der Waals surface area contributed by atoms with Gasteiger partial charge in [0.1, 0.15) is 5.82 Å². The summed E-state index contributed by atoms with van der Waals surface area (Å²) in [6.07, 6.45) is 0.165. The van der Waals surface area contributed by atoms with Gasteiger partial charge in [0.05, 0.1) is 18.7 Å². The van der Waals surface area contributed by atoms with Gasteiger partial charge in [-0.05, 0) is 46.3 Å². The third-order valence-corrected chi connectivity index (χ3v) is 3.80. The second-order valence-corrected chi connectivity index (χ2v) is 5.98. The van der Waals surface area contributed by atoms with Crippen molar-refractivity contribution in [3.05, 3.63) is 70.2 Å². The van der Waals surface area contributed by atoms with Gasteiger partial charge in [0.25, 0.3) is 0 Å². The number of halogens is 2. The molecule has 3 aromatic rings. The third kappa shape index (κ3) is 4.02. The molecule has 24 heavy (non-hydrogen) atoms. The van der Waals surface area contributed by atoms with E-state index in [-0.39, 0.29) is 24.7 Å². The standard InChI is InChI=1S/C16H13BrFN5O/c17-12-2-1-3-14(9-12)23-15(20-21-22-23)10-19-16(24)8-11-4-6-13(18)7-5-11/h1-7,9H,8,10H2,(H,19,24). The lowest BCUT2D eigenvalue weighted by molar-refractivity contribution is -0.120. The first-order valence-corrected chi connectivity index (χ1v) is 7.95. The van der Waals surface area contributed by atoms with Crippen molar-refractivity contribution < 1.29 is 9.18 Å². The largest absolute Gasteiger partial charge is 0.348 e. The van der Waals surface area contributed by atoms with E-state index in [1.54, 1.807) is 16.8 Å². The maximum absolute atomic E-state index is 12.9. The molecule has 0 saturated heterocycles. The fourth-order valence-electron chi connectivity index (χ4n) is 2.15. The van der Waals surface area contributed by atoms with Gasteiger partial charge in [-0.25, -0.2) is 4.39 Å². The topological polar surface area (TPSA) is 72.7 Å². The maximum Gasteiger partial charge on any atom is 0.224 e. The second kappa shape index (κ2) is 7.31. The van der Waals surface area contributed by atoms with E-state index < -0.39 is 0 Å². The average molecular weight is 390 g/mol. The molecule has 0 atom stereocenters. The van der Waals surface area contributed by atoms with Gasteiger partial charge in [0, 0.05) is 4.47 Å². The summed E-state index contributed by atoms with van der Waals surface area (Å²) in [4.78, 5) is 12.0. The van der Waals surface area contributed by atoms with E-state index in [1.165, 1.54) is 12.1 Å². The van der Waals surface area contributed by atoms with E-state index in [0.29, 0.717) is 5.82 Å². The molecule has 1 N–H and O–H groups in total. The summed E-state index contributed by atoms with van der Waals surface area (Å²) in [6.45, 7) is 0.194. The van der Waals surface area contributed by atoms with Crippen LogP contribution in [0.15, 0.2) is 53.0 Å². The Morgan fingerprint density at radius 2 is 2.00 bits per heavy atom. The number of amides is 1. The number of hydrogen-bond acceptors (Lipinski definition) is 4. The van der Waals surface area contributed by atoms with Gasteiger partial charge in [-0.15, -0.1) is 5.10 Å².